The summed E-state index contributed by atoms with van der Waals surface area (Å²) in [6.07, 6.45) is 11.1. The van der Waals surface area contributed by atoms with Gasteiger partial charge in [-0.3, -0.25) is 4.79 Å². The van der Waals surface area contributed by atoms with Crippen molar-refractivity contribution in [2.24, 2.45) is 5.92 Å². The fraction of sp³-hybridized carbons (Fsp3) is 0.765. The lowest BCUT2D eigenvalue weighted by molar-refractivity contribution is -0.131. The molecule has 0 aromatic carbocycles. The van der Waals surface area contributed by atoms with E-state index >= 15 is 0 Å². The summed E-state index contributed by atoms with van der Waals surface area (Å²) in [5, 5.41) is 0. The van der Waals surface area contributed by atoms with Gasteiger partial charge in [-0.25, -0.2) is 4.98 Å². The number of carbonyl (C=O) groups excluding carboxylic acids is 1. The summed E-state index contributed by atoms with van der Waals surface area (Å²) < 4.78 is 2.16. The van der Waals surface area contributed by atoms with E-state index in [1.54, 1.807) is 0 Å². The highest BCUT2D eigenvalue weighted by Gasteiger charge is 2.24. The molecule has 1 aromatic heterocycles. The molecule has 1 aliphatic heterocycles. The number of piperazine rings is 1. The molecule has 1 aliphatic carbocycles. The van der Waals surface area contributed by atoms with Crippen molar-refractivity contribution in [3.8, 4) is 0 Å². The summed E-state index contributed by atoms with van der Waals surface area (Å²) in [6.45, 7) is 6.53. The average molecular weight is 341 g/mol. The summed E-state index contributed by atoms with van der Waals surface area (Å²) in [5.74, 6) is 2.20. The van der Waals surface area contributed by atoms with E-state index < -0.39 is 0 Å². The molecule has 1 saturated carbocycles. The number of hydrogen-bond acceptors (Lipinski definition) is 3. The third-order valence-electron chi connectivity index (χ3n) is 5.19. The summed E-state index contributed by atoms with van der Waals surface area (Å²) in [5.41, 5.74) is 0. The van der Waals surface area contributed by atoms with Crippen molar-refractivity contribution in [1.29, 1.82) is 0 Å². The fourth-order valence-electron chi connectivity index (χ4n) is 3.77. The summed E-state index contributed by atoms with van der Waals surface area (Å²) in [4.78, 5) is 21.2. The molecule has 1 aromatic rings. The normalized spacial score (nSPS) is 19.0. The molecular formula is C17H29ClN4O. The zero-order valence-electron chi connectivity index (χ0n) is 14.1. The molecule has 0 N–H and O–H groups in total. The number of carbonyl (C=O) groups is 1. The minimum Gasteiger partial charge on any atom is -0.339 e. The van der Waals surface area contributed by atoms with Crippen LogP contribution >= 0.6 is 12.4 Å². The van der Waals surface area contributed by atoms with Crippen LogP contribution in [0.2, 0.25) is 0 Å². The molecule has 0 radical (unpaired) electrons. The molecule has 2 heterocycles. The molecule has 0 unspecified atom stereocenters. The van der Waals surface area contributed by atoms with Crippen LogP contribution < -0.4 is 4.90 Å². The van der Waals surface area contributed by atoms with Gasteiger partial charge in [0, 0.05) is 51.5 Å². The molecule has 130 valence electrons. The van der Waals surface area contributed by atoms with Crippen molar-refractivity contribution >= 4 is 24.3 Å². The fourth-order valence-corrected chi connectivity index (χ4v) is 3.77. The Morgan fingerprint density at radius 3 is 2.57 bits per heavy atom. The van der Waals surface area contributed by atoms with E-state index in [9.17, 15) is 4.79 Å². The second-order valence-corrected chi connectivity index (χ2v) is 6.57. The van der Waals surface area contributed by atoms with E-state index in [-0.39, 0.29) is 12.4 Å². The third-order valence-corrected chi connectivity index (χ3v) is 5.19. The first kappa shape index (κ1) is 18.1. The predicted octanol–water partition coefficient (Wildman–Crippen LogP) is 2.94. The molecule has 0 atom stereocenters. The van der Waals surface area contributed by atoms with Gasteiger partial charge in [-0.2, -0.15) is 0 Å². The number of anilines is 1. The van der Waals surface area contributed by atoms with Crippen LogP contribution in [0.15, 0.2) is 12.4 Å². The van der Waals surface area contributed by atoms with E-state index in [1.165, 1.54) is 25.7 Å². The molecule has 3 rings (SSSR count). The van der Waals surface area contributed by atoms with Gasteiger partial charge in [0.15, 0.2) is 0 Å². The number of nitrogens with zero attached hydrogens (tertiary/aromatic N) is 4. The third kappa shape index (κ3) is 4.40. The lowest BCUT2D eigenvalue weighted by Gasteiger charge is -2.35. The first-order valence-corrected chi connectivity index (χ1v) is 8.81. The largest absolute Gasteiger partial charge is 0.339 e. The SMILES string of the molecule is CCn1ccnc1N1CCN(C(=O)CCC2CCCC2)CC1.Cl. The Balaban J connectivity index is 0.00000192. The molecular weight excluding hydrogens is 312 g/mol. The molecule has 1 saturated heterocycles. The first-order chi connectivity index (χ1) is 10.8. The lowest BCUT2D eigenvalue weighted by Crippen LogP contribution is -2.49. The zero-order chi connectivity index (χ0) is 15.4. The molecule has 1 amide bonds. The highest BCUT2D eigenvalue weighted by molar-refractivity contribution is 5.85. The Bertz CT molecular complexity index is 491. The maximum atomic E-state index is 12.4. The second kappa shape index (κ2) is 8.57. The van der Waals surface area contributed by atoms with E-state index in [1.807, 2.05) is 17.3 Å². The summed E-state index contributed by atoms with van der Waals surface area (Å²) >= 11 is 0. The van der Waals surface area contributed by atoms with Crippen LogP contribution in [0.4, 0.5) is 5.95 Å². The van der Waals surface area contributed by atoms with Gasteiger partial charge in [0.1, 0.15) is 0 Å². The minimum atomic E-state index is 0. The Hall–Kier alpha value is -1.23. The van der Waals surface area contributed by atoms with Crippen LogP contribution in [-0.2, 0) is 11.3 Å². The number of amides is 1. The molecule has 5 nitrogen and oxygen atoms in total. The lowest BCUT2D eigenvalue weighted by atomic mass is 10.0. The molecule has 0 bridgehead atoms. The van der Waals surface area contributed by atoms with Gasteiger partial charge in [-0.15, -0.1) is 12.4 Å². The first-order valence-electron chi connectivity index (χ1n) is 8.81. The number of halogens is 1. The van der Waals surface area contributed by atoms with Crippen molar-refractivity contribution in [3.05, 3.63) is 12.4 Å². The van der Waals surface area contributed by atoms with Crippen molar-refractivity contribution in [3.63, 3.8) is 0 Å². The number of aromatic nitrogens is 2. The van der Waals surface area contributed by atoms with Gasteiger partial charge in [-0.05, 0) is 19.3 Å². The molecule has 0 spiro atoms. The molecule has 6 heteroatoms. The Morgan fingerprint density at radius 1 is 1.22 bits per heavy atom. The predicted molar refractivity (Wildman–Crippen MR) is 95.1 cm³/mol. The average Bonchev–Trinajstić information content (AvgIpc) is 3.23. The van der Waals surface area contributed by atoms with Gasteiger partial charge < -0.3 is 14.4 Å². The monoisotopic (exact) mass is 340 g/mol. The summed E-state index contributed by atoms with van der Waals surface area (Å²) in [7, 11) is 0. The van der Waals surface area contributed by atoms with Crippen LogP contribution in [0.5, 0.6) is 0 Å². The number of imidazole rings is 1. The van der Waals surface area contributed by atoms with Crippen LogP contribution in [0.1, 0.15) is 45.4 Å². The number of rotatable bonds is 5. The topological polar surface area (TPSA) is 41.4 Å². The van der Waals surface area contributed by atoms with Crippen LogP contribution in [0.25, 0.3) is 0 Å². The Morgan fingerprint density at radius 2 is 1.91 bits per heavy atom. The highest BCUT2D eigenvalue weighted by Crippen LogP contribution is 2.28. The van der Waals surface area contributed by atoms with Gasteiger partial charge in [0.25, 0.3) is 0 Å². The second-order valence-electron chi connectivity index (χ2n) is 6.57. The zero-order valence-corrected chi connectivity index (χ0v) is 14.9. The van der Waals surface area contributed by atoms with Crippen molar-refractivity contribution in [2.75, 3.05) is 31.1 Å². The molecule has 23 heavy (non-hydrogen) atoms. The van der Waals surface area contributed by atoms with Gasteiger partial charge in [0.05, 0.1) is 0 Å². The smallest absolute Gasteiger partial charge is 0.222 e. The van der Waals surface area contributed by atoms with E-state index in [0.717, 1.165) is 57.4 Å². The van der Waals surface area contributed by atoms with E-state index in [0.29, 0.717) is 5.91 Å². The van der Waals surface area contributed by atoms with Crippen LogP contribution in [0, 0.1) is 5.92 Å². The van der Waals surface area contributed by atoms with E-state index in [2.05, 4.69) is 21.4 Å². The van der Waals surface area contributed by atoms with Gasteiger partial charge in [-0.1, -0.05) is 25.7 Å². The highest BCUT2D eigenvalue weighted by atomic mass is 35.5. The van der Waals surface area contributed by atoms with Crippen molar-refractivity contribution in [1.82, 2.24) is 14.5 Å². The number of hydrogen-bond donors (Lipinski definition) is 0. The molecule has 2 aliphatic rings. The Kier molecular flexibility index (Phi) is 6.75. The summed E-state index contributed by atoms with van der Waals surface area (Å²) in [6, 6.07) is 0. The van der Waals surface area contributed by atoms with Crippen molar-refractivity contribution in [2.45, 2.75) is 52.0 Å². The maximum absolute atomic E-state index is 12.4. The van der Waals surface area contributed by atoms with E-state index in [4.69, 9.17) is 0 Å². The minimum absolute atomic E-state index is 0. The van der Waals surface area contributed by atoms with Gasteiger partial charge in [0.2, 0.25) is 11.9 Å². The standard InChI is InChI=1S/C17H28N4O.ClH/c1-2-19-10-9-18-17(19)21-13-11-20(12-14-21)16(22)8-7-15-5-3-4-6-15;/h9-10,15H,2-8,11-14H2,1H3;1H. The van der Waals surface area contributed by atoms with Crippen LogP contribution in [-0.4, -0.2) is 46.5 Å². The molecule has 2 fully saturated rings. The quantitative estimate of drug-likeness (QED) is 0.827. The van der Waals surface area contributed by atoms with Crippen molar-refractivity contribution < 1.29 is 4.79 Å². The Labute approximate surface area is 145 Å². The van der Waals surface area contributed by atoms with Crippen LogP contribution in [0.3, 0.4) is 0 Å². The maximum Gasteiger partial charge on any atom is 0.222 e. The number of aryl methyl sites for hydroxylation is 1. The van der Waals surface area contributed by atoms with Gasteiger partial charge >= 0.3 is 0 Å².